The summed E-state index contributed by atoms with van der Waals surface area (Å²) in [6.45, 7) is 6.58. The maximum atomic E-state index is 12.7. The second-order valence-corrected chi connectivity index (χ2v) is 8.16. The van der Waals surface area contributed by atoms with Crippen LogP contribution >= 0.6 is 15.9 Å². The van der Waals surface area contributed by atoms with Crippen molar-refractivity contribution < 1.29 is 14.3 Å². The Kier molecular flexibility index (Phi) is 5.67. The Hall–Kier alpha value is -1.86. The van der Waals surface area contributed by atoms with E-state index in [2.05, 4.69) is 45.0 Å². The number of aromatic amines is 1. The quantitative estimate of drug-likeness (QED) is 0.738. The Balaban J connectivity index is 1.83. The van der Waals surface area contributed by atoms with Crippen LogP contribution in [0.1, 0.15) is 30.8 Å². The number of likely N-dealkylation sites (tertiary alicyclic amines) is 1. The summed E-state index contributed by atoms with van der Waals surface area (Å²) in [6, 6.07) is 5.61. The van der Waals surface area contributed by atoms with E-state index < -0.39 is 5.97 Å². The van der Waals surface area contributed by atoms with Crippen LogP contribution in [-0.2, 0) is 9.53 Å². The third-order valence-corrected chi connectivity index (χ3v) is 5.22. The number of fused-ring (bicyclic) bond motifs is 1. The summed E-state index contributed by atoms with van der Waals surface area (Å²) in [5, 5.41) is 3.69. The molecule has 1 amide bonds. The van der Waals surface area contributed by atoms with Gasteiger partial charge in [0, 0.05) is 28.5 Å². The molecule has 0 bridgehead atoms. The van der Waals surface area contributed by atoms with Crippen molar-refractivity contribution in [2.45, 2.75) is 20.3 Å². The summed E-state index contributed by atoms with van der Waals surface area (Å²) in [5.41, 5.74) is 1.50. The van der Waals surface area contributed by atoms with Crippen LogP contribution < -0.4 is 5.32 Å². The van der Waals surface area contributed by atoms with E-state index in [0.717, 1.165) is 28.5 Å². The van der Waals surface area contributed by atoms with Gasteiger partial charge < -0.3 is 15.0 Å². The lowest BCUT2D eigenvalue weighted by atomic mass is 9.92. The number of halogens is 1. The molecule has 7 heteroatoms. The Morgan fingerprint density at radius 2 is 2.00 bits per heavy atom. The summed E-state index contributed by atoms with van der Waals surface area (Å²) in [7, 11) is 1.33. The molecule has 0 saturated carbocycles. The number of piperidine rings is 1. The van der Waals surface area contributed by atoms with Crippen molar-refractivity contribution in [1.82, 2.24) is 9.88 Å². The molecule has 1 aromatic heterocycles. The zero-order valence-electron chi connectivity index (χ0n) is 15.3. The maximum absolute atomic E-state index is 12.7. The predicted molar refractivity (Wildman–Crippen MR) is 105 cm³/mol. The van der Waals surface area contributed by atoms with E-state index in [9.17, 15) is 9.59 Å². The minimum absolute atomic E-state index is 0.127. The van der Waals surface area contributed by atoms with Gasteiger partial charge >= 0.3 is 5.97 Å². The number of hydrogen-bond donors (Lipinski definition) is 2. The van der Waals surface area contributed by atoms with Crippen LogP contribution in [0, 0.1) is 11.8 Å². The monoisotopic (exact) mass is 421 g/mol. The SMILES string of the molecule is COC(=O)c1[nH]c2ccc(Br)cc2c1NC(=O)CN1C[C@H](C)C[C@H](C)C1. The summed E-state index contributed by atoms with van der Waals surface area (Å²) < 4.78 is 5.72. The molecule has 0 aliphatic carbocycles. The van der Waals surface area contributed by atoms with Crippen LogP contribution in [0.5, 0.6) is 0 Å². The lowest BCUT2D eigenvalue weighted by Gasteiger charge is -2.34. The standard InChI is InChI=1S/C19H24BrN3O3/c1-11-6-12(2)9-23(8-11)10-16(24)22-17-14-7-13(20)4-5-15(14)21-18(17)19(25)26-3/h4-5,7,11-12,21H,6,8-10H2,1-3H3,(H,22,24)/t11-,12+. The van der Waals surface area contributed by atoms with Gasteiger partial charge in [-0.3, -0.25) is 9.69 Å². The van der Waals surface area contributed by atoms with E-state index >= 15 is 0 Å². The van der Waals surface area contributed by atoms with Gasteiger partial charge in [0.15, 0.2) is 0 Å². The zero-order valence-corrected chi connectivity index (χ0v) is 16.9. The molecule has 2 aromatic rings. The molecule has 140 valence electrons. The molecule has 1 aliphatic rings. The fraction of sp³-hybridized carbons (Fsp3) is 0.474. The average Bonchev–Trinajstić information content (AvgIpc) is 2.91. The highest BCUT2D eigenvalue weighted by molar-refractivity contribution is 9.10. The molecule has 0 radical (unpaired) electrons. The van der Waals surface area contributed by atoms with Gasteiger partial charge in [0.05, 0.1) is 19.3 Å². The number of carbonyl (C=O) groups excluding carboxylic acids is 2. The number of amides is 1. The van der Waals surface area contributed by atoms with Crippen LogP contribution in [0.2, 0.25) is 0 Å². The molecule has 3 rings (SSSR count). The minimum Gasteiger partial charge on any atom is -0.464 e. The molecule has 1 aromatic carbocycles. The molecule has 26 heavy (non-hydrogen) atoms. The zero-order chi connectivity index (χ0) is 18.8. The smallest absolute Gasteiger partial charge is 0.356 e. The van der Waals surface area contributed by atoms with Crippen LogP contribution in [0.25, 0.3) is 10.9 Å². The minimum atomic E-state index is -0.507. The first-order valence-corrected chi connectivity index (χ1v) is 9.58. The fourth-order valence-corrected chi connectivity index (χ4v) is 4.21. The van der Waals surface area contributed by atoms with Crippen molar-refractivity contribution >= 4 is 44.4 Å². The van der Waals surface area contributed by atoms with E-state index in [1.54, 1.807) is 0 Å². The molecule has 2 N–H and O–H groups in total. The third-order valence-electron chi connectivity index (χ3n) is 4.73. The number of benzene rings is 1. The highest BCUT2D eigenvalue weighted by atomic mass is 79.9. The number of carbonyl (C=O) groups is 2. The van der Waals surface area contributed by atoms with E-state index in [4.69, 9.17) is 4.74 Å². The van der Waals surface area contributed by atoms with Gasteiger partial charge in [-0.2, -0.15) is 0 Å². The van der Waals surface area contributed by atoms with Crippen LogP contribution in [0.4, 0.5) is 5.69 Å². The number of H-pyrrole nitrogens is 1. The van der Waals surface area contributed by atoms with E-state index in [-0.39, 0.29) is 11.6 Å². The topological polar surface area (TPSA) is 74.4 Å². The molecule has 1 saturated heterocycles. The van der Waals surface area contributed by atoms with Crippen molar-refractivity contribution in [3.05, 3.63) is 28.4 Å². The van der Waals surface area contributed by atoms with E-state index in [1.807, 2.05) is 18.2 Å². The summed E-state index contributed by atoms with van der Waals surface area (Å²) in [6.07, 6.45) is 1.20. The summed E-state index contributed by atoms with van der Waals surface area (Å²) in [5.74, 6) is 0.535. The van der Waals surface area contributed by atoms with Gasteiger partial charge in [-0.15, -0.1) is 0 Å². The number of hydrogen-bond acceptors (Lipinski definition) is 4. The Morgan fingerprint density at radius 3 is 2.65 bits per heavy atom. The highest BCUT2D eigenvalue weighted by Gasteiger charge is 2.25. The molecule has 2 atom stereocenters. The summed E-state index contributed by atoms with van der Waals surface area (Å²) in [4.78, 5) is 30.0. The molecular formula is C19H24BrN3O3. The number of methoxy groups -OCH3 is 1. The van der Waals surface area contributed by atoms with Gasteiger partial charge in [-0.25, -0.2) is 4.79 Å². The number of esters is 1. The van der Waals surface area contributed by atoms with Gasteiger partial charge in [0.25, 0.3) is 0 Å². The first kappa shape index (κ1) is 18.9. The Morgan fingerprint density at radius 1 is 1.31 bits per heavy atom. The fourth-order valence-electron chi connectivity index (χ4n) is 3.85. The van der Waals surface area contributed by atoms with Gasteiger partial charge in [0.2, 0.25) is 5.91 Å². The van der Waals surface area contributed by atoms with Crippen LogP contribution in [0.15, 0.2) is 22.7 Å². The number of rotatable bonds is 4. The third kappa shape index (κ3) is 4.10. The van der Waals surface area contributed by atoms with Crippen molar-refractivity contribution in [2.75, 3.05) is 32.1 Å². The number of ether oxygens (including phenoxy) is 1. The van der Waals surface area contributed by atoms with Crippen molar-refractivity contribution in [2.24, 2.45) is 11.8 Å². The second-order valence-electron chi connectivity index (χ2n) is 7.24. The van der Waals surface area contributed by atoms with Crippen molar-refractivity contribution in [3.8, 4) is 0 Å². The second kappa shape index (κ2) is 7.80. The maximum Gasteiger partial charge on any atom is 0.356 e. The van der Waals surface area contributed by atoms with E-state index in [1.165, 1.54) is 13.5 Å². The number of nitrogens with zero attached hydrogens (tertiary/aromatic N) is 1. The molecule has 0 spiro atoms. The Labute approximate surface area is 161 Å². The number of nitrogens with one attached hydrogen (secondary N) is 2. The predicted octanol–water partition coefficient (Wildman–Crippen LogP) is 3.63. The van der Waals surface area contributed by atoms with E-state index in [0.29, 0.717) is 24.1 Å². The Bertz CT molecular complexity index is 823. The lowest BCUT2D eigenvalue weighted by Crippen LogP contribution is -2.42. The number of anilines is 1. The molecule has 0 unspecified atom stereocenters. The van der Waals surface area contributed by atoms with Gasteiger partial charge in [-0.05, 0) is 36.5 Å². The largest absolute Gasteiger partial charge is 0.464 e. The molecule has 1 fully saturated rings. The van der Waals surface area contributed by atoms with Crippen molar-refractivity contribution in [3.63, 3.8) is 0 Å². The molecular weight excluding hydrogens is 398 g/mol. The number of aromatic nitrogens is 1. The first-order valence-electron chi connectivity index (χ1n) is 8.79. The van der Waals surface area contributed by atoms with Crippen LogP contribution in [0.3, 0.4) is 0 Å². The van der Waals surface area contributed by atoms with Crippen LogP contribution in [-0.4, -0.2) is 48.5 Å². The average molecular weight is 422 g/mol. The van der Waals surface area contributed by atoms with Gasteiger partial charge in [-0.1, -0.05) is 29.8 Å². The van der Waals surface area contributed by atoms with Gasteiger partial charge in [0.1, 0.15) is 5.69 Å². The highest BCUT2D eigenvalue weighted by Crippen LogP contribution is 2.31. The normalized spacial score (nSPS) is 20.9. The molecule has 1 aliphatic heterocycles. The molecule has 2 heterocycles. The molecule has 6 nitrogen and oxygen atoms in total. The van der Waals surface area contributed by atoms with Crippen molar-refractivity contribution in [1.29, 1.82) is 0 Å². The first-order chi connectivity index (χ1) is 12.4. The summed E-state index contributed by atoms with van der Waals surface area (Å²) >= 11 is 3.44. The lowest BCUT2D eigenvalue weighted by molar-refractivity contribution is -0.117.